The van der Waals surface area contributed by atoms with E-state index < -0.39 is 0 Å². The molecule has 1 amide bonds. The molecule has 0 bridgehead atoms. The maximum atomic E-state index is 13.0. The highest BCUT2D eigenvalue weighted by Gasteiger charge is 2.28. The number of H-pyrrole nitrogens is 2. The number of hydrogen-bond acceptors (Lipinski definition) is 3. The first kappa shape index (κ1) is 14.7. The van der Waals surface area contributed by atoms with Crippen LogP contribution in [-0.4, -0.2) is 43.1 Å². The number of nitrogens with one attached hydrogen (secondary N) is 2. The lowest BCUT2D eigenvalue weighted by atomic mass is 10.0. The number of likely N-dealkylation sites (tertiary alicyclic amines) is 1. The van der Waals surface area contributed by atoms with E-state index in [4.69, 9.17) is 0 Å². The highest BCUT2D eigenvalue weighted by molar-refractivity contribution is 5.97. The van der Waals surface area contributed by atoms with Gasteiger partial charge in [0.25, 0.3) is 5.91 Å². The van der Waals surface area contributed by atoms with E-state index >= 15 is 0 Å². The molecule has 0 unspecified atom stereocenters. The molecule has 1 fully saturated rings. The molecule has 4 rings (SSSR count). The van der Waals surface area contributed by atoms with Gasteiger partial charge in [-0.15, -0.1) is 0 Å². The fourth-order valence-electron chi connectivity index (χ4n) is 3.41. The normalized spacial score (nSPS) is 18.2. The molecule has 2 aromatic heterocycles. The fourth-order valence-corrected chi connectivity index (χ4v) is 3.41. The molecule has 2 N–H and O–H groups in total. The quantitative estimate of drug-likeness (QED) is 0.769. The van der Waals surface area contributed by atoms with E-state index in [1.165, 1.54) is 0 Å². The summed E-state index contributed by atoms with van der Waals surface area (Å²) >= 11 is 0. The van der Waals surface area contributed by atoms with E-state index in [2.05, 4.69) is 15.1 Å². The topological polar surface area (TPSA) is 86.8 Å². The molecule has 7 nitrogen and oxygen atoms in total. The van der Waals surface area contributed by atoms with Gasteiger partial charge in [-0.05, 0) is 43.5 Å². The Morgan fingerprint density at radius 3 is 2.96 bits per heavy atom. The van der Waals surface area contributed by atoms with Crippen molar-refractivity contribution in [3.63, 3.8) is 0 Å². The second kappa shape index (κ2) is 5.99. The first-order chi connectivity index (χ1) is 11.7. The zero-order valence-corrected chi connectivity index (χ0v) is 13.2. The molecule has 1 aliphatic heterocycles. The third-order valence-electron chi connectivity index (χ3n) is 4.61. The monoisotopic (exact) mass is 325 g/mol. The summed E-state index contributed by atoms with van der Waals surface area (Å²) in [6.07, 6.45) is 6.80. The largest absolute Gasteiger partial charge is 0.334 e. The number of aromatic nitrogens is 4. The Kier molecular flexibility index (Phi) is 3.68. The van der Waals surface area contributed by atoms with Crippen molar-refractivity contribution in [2.75, 3.05) is 6.54 Å². The van der Waals surface area contributed by atoms with Crippen LogP contribution in [-0.2, 0) is 6.54 Å². The van der Waals surface area contributed by atoms with Crippen molar-refractivity contribution in [3.8, 4) is 0 Å². The molecule has 1 aromatic carbocycles. The van der Waals surface area contributed by atoms with Crippen LogP contribution < -0.4 is 5.69 Å². The highest BCUT2D eigenvalue weighted by Crippen LogP contribution is 2.22. The Balaban J connectivity index is 1.60. The van der Waals surface area contributed by atoms with Crippen LogP contribution in [0.15, 0.2) is 41.5 Å². The Morgan fingerprint density at radius 2 is 2.12 bits per heavy atom. The summed E-state index contributed by atoms with van der Waals surface area (Å²) in [4.78, 5) is 31.7. The van der Waals surface area contributed by atoms with Crippen LogP contribution in [0, 0.1) is 0 Å². The predicted molar refractivity (Wildman–Crippen MR) is 89.8 cm³/mol. The van der Waals surface area contributed by atoms with Gasteiger partial charge in [-0.25, -0.2) is 4.79 Å². The Bertz CT molecular complexity index is 909. The lowest BCUT2D eigenvalue weighted by Gasteiger charge is -2.35. The number of fused-ring (bicyclic) bond motifs is 1. The third-order valence-corrected chi connectivity index (χ3v) is 4.61. The molecule has 0 spiro atoms. The van der Waals surface area contributed by atoms with Gasteiger partial charge in [-0.1, -0.05) is 0 Å². The first-order valence-corrected chi connectivity index (χ1v) is 8.21. The number of hydrogen-bond donors (Lipinski definition) is 2. The molecule has 0 radical (unpaired) electrons. The minimum absolute atomic E-state index is 0.0100. The van der Waals surface area contributed by atoms with E-state index in [1.54, 1.807) is 24.4 Å². The minimum Gasteiger partial charge on any atom is -0.334 e. The molecular formula is C17H19N5O2. The molecule has 1 saturated heterocycles. The minimum atomic E-state index is -0.260. The van der Waals surface area contributed by atoms with Gasteiger partial charge < -0.3 is 14.9 Å². The van der Waals surface area contributed by atoms with Gasteiger partial charge in [0.1, 0.15) is 0 Å². The Hall–Kier alpha value is -2.83. The standard InChI is InChI=1S/C17H19N5O2/c23-16(12-5-6-14-15(10-12)20-17(24)19-14)22-9-2-1-4-13(22)11-21-8-3-7-18-21/h3,5-8,10,13H,1-2,4,9,11H2,(H2,19,20,24)/t13-/m1/s1. The molecule has 1 atom stereocenters. The van der Waals surface area contributed by atoms with Crippen molar-refractivity contribution < 1.29 is 4.79 Å². The van der Waals surface area contributed by atoms with Crippen LogP contribution in [0.3, 0.4) is 0 Å². The van der Waals surface area contributed by atoms with E-state index in [-0.39, 0.29) is 17.6 Å². The lowest BCUT2D eigenvalue weighted by molar-refractivity contribution is 0.0584. The molecule has 24 heavy (non-hydrogen) atoms. The number of piperidine rings is 1. The van der Waals surface area contributed by atoms with E-state index in [1.807, 2.05) is 21.8 Å². The third kappa shape index (κ3) is 2.73. The number of carbonyl (C=O) groups excluding carboxylic acids is 1. The first-order valence-electron chi connectivity index (χ1n) is 8.21. The highest BCUT2D eigenvalue weighted by atomic mass is 16.2. The Labute approximate surface area is 138 Å². The number of benzene rings is 1. The number of amides is 1. The van der Waals surface area contributed by atoms with Crippen LogP contribution in [0.1, 0.15) is 29.6 Å². The van der Waals surface area contributed by atoms with Crippen molar-refractivity contribution in [2.45, 2.75) is 31.8 Å². The number of nitrogens with zero attached hydrogens (tertiary/aromatic N) is 3. The molecule has 0 saturated carbocycles. The van der Waals surface area contributed by atoms with Gasteiger partial charge in [0, 0.05) is 24.5 Å². The Morgan fingerprint density at radius 1 is 1.25 bits per heavy atom. The summed E-state index contributed by atoms with van der Waals surface area (Å²) in [5.41, 5.74) is 1.71. The molecule has 124 valence electrons. The summed E-state index contributed by atoms with van der Waals surface area (Å²) in [5.74, 6) is 0.0100. The lowest BCUT2D eigenvalue weighted by Crippen LogP contribution is -2.45. The van der Waals surface area contributed by atoms with Crippen molar-refractivity contribution in [2.24, 2.45) is 0 Å². The smallest absolute Gasteiger partial charge is 0.323 e. The number of carbonyl (C=O) groups is 1. The second-order valence-electron chi connectivity index (χ2n) is 6.22. The molecule has 3 heterocycles. The zero-order valence-electron chi connectivity index (χ0n) is 13.2. The molecule has 7 heteroatoms. The average molecular weight is 325 g/mol. The van der Waals surface area contributed by atoms with Crippen molar-refractivity contribution >= 4 is 16.9 Å². The molecule has 1 aliphatic rings. The van der Waals surface area contributed by atoms with Gasteiger partial charge in [-0.2, -0.15) is 5.10 Å². The van der Waals surface area contributed by atoms with Crippen LogP contribution in [0.2, 0.25) is 0 Å². The van der Waals surface area contributed by atoms with Crippen molar-refractivity contribution in [1.82, 2.24) is 24.6 Å². The maximum absolute atomic E-state index is 13.0. The second-order valence-corrected chi connectivity index (χ2v) is 6.22. The zero-order chi connectivity index (χ0) is 16.5. The van der Waals surface area contributed by atoms with Crippen LogP contribution in [0.4, 0.5) is 0 Å². The number of aromatic amines is 2. The van der Waals surface area contributed by atoms with Gasteiger partial charge in [-0.3, -0.25) is 9.48 Å². The number of rotatable bonds is 3. The average Bonchev–Trinajstić information content (AvgIpc) is 3.22. The van der Waals surface area contributed by atoms with Crippen LogP contribution in [0.25, 0.3) is 11.0 Å². The van der Waals surface area contributed by atoms with E-state index in [0.717, 1.165) is 25.8 Å². The van der Waals surface area contributed by atoms with Gasteiger partial charge in [0.2, 0.25) is 0 Å². The van der Waals surface area contributed by atoms with Crippen molar-refractivity contribution in [3.05, 3.63) is 52.7 Å². The summed E-state index contributed by atoms with van der Waals surface area (Å²) < 4.78 is 1.88. The van der Waals surface area contributed by atoms with Gasteiger partial charge >= 0.3 is 5.69 Å². The van der Waals surface area contributed by atoms with Gasteiger partial charge in [0.05, 0.1) is 23.6 Å². The van der Waals surface area contributed by atoms with E-state index in [0.29, 0.717) is 23.1 Å². The summed E-state index contributed by atoms with van der Waals surface area (Å²) in [6, 6.07) is 7.33. The maximum Gasteiger partial charge on any atom is 0.323 e. The van der Waals surface area contributed by atoms with Crippen LogP contribution in [0.5, 0.6) is 0 Å². The van der Waals surface area contributed by atoms with Crippen LogP contribution >= 0.6 is 0 Å². The predicted octanol–water partition coefficient (Wildman–Crippen LogP) is 1.75. The fraction of sp³-hybridized carbons (Fsp3) is 0.353. The number of imidazole rings is 1. The van der Waals surface area contributed by atoms with Crippen molar-refractivity contribution in [1.29, 1.82) is 0 Å². The summed E-state index contributed by atoms with van der Waals surface area (Å²) in [7, 11) is 0. The SMILES string of the molecule is O=C(c1ccc2[nH]c(=O)[nH]c2c1)N1CCCC[C@@H]1Cn1cccn1. The molecular weight excluding hydrogens is 306 g/mol. The van der Waals surface area contributed by atoms with Gasteiger partial charge in [0.15, 0.2) is 0 Å². The summed E-state index contributed by atoms with van der Waals surface area (Å²) in [6.45, 7) is 1.47. The molecule has 0 aliphatic carbocycles. The molecule has 3 aromatic rings. The van der Waals surface area contributed by atoms with E-state index in [9.17, 15) is 9.59 Å². The summed E-state index contributed by atoms with van der Waals surface area (Å²) in [5, 5.41) is 4.26.